The molecule has 0 aliphatic carbocycles. The largest absolute Gasteiger partial charge is 0.348 e. The van der Waals surface area contributed by atoms with Gasteiger partial charge in [0.15, 0.2) is 0 Å². The van der Waals surface area contributed by atoms with Crippen LogP contribution in [-0.4, -0.2) is 69.3 Å². The van der Waals surface area contributed by atoms with E-state index in [1.807, 2.05) is 6.92 Å². The van der Waals surface area contributed by atoms with Gasteiger partial charge in [-0.3, -0.25) is 4.79 Å². The Morgan fingerprint density at radius 2 is 1.83 bits per heavy atom. The number of sulfonamides is 2. The highest BCUT2D eigenvalue weighted by Crippen LogP contribution is 2.25. The standard InChI is InChI=1S/C19H29N3O5S2/c1-15-7-3-4-12-22(15)29(26,27)18-10-5-8-16(13-18)19(23)20-17-9-6-11-21(14-17)28(2,24)25/h5,8,10,13,15,17H,3-4,6-7,9,11-12,14H2,1-2H3,(H,20,23). The van der Waals surface area contributed by atoms with Crippen molar-refractivity contribution in [3.8, 4) is 0 Å². The van der Waals surface area contributed by atoms with E-state index in [9.17, 15) is 21.6 Å². The second-order valence-corrected chi connectivity index (χ2v) is 11.8. The molecule has 0 radical (unpaired) electrons. The van der Waals surface area contributed by atoms with Gasteiger partial charge in [-0.2, -0.15) is 4.31 Å². The lowest BCUT2D eigenvalue weighted by Gasteiger charge is -2.32. The summed E-state index contributed by atoms with van der Waals surface area (Å²) < 4.78 is 52.5. The zero-order valence-electron chi connectivity index (χ0n) is 16.9. The van der Waals surface area contributed by atoms with Crippen LogP contribution in [0.5, 0.6) is 0 Å². The Hall–Kier alpha value is -1.49. The number of carbonyl (C=O) groups excluding carboxylic acids is 1. The first kappa shape index (κ1) is 22.2. The van der Waals surface area contributed by atoms with E-state index in [4.69, 9.17) is 0 Å². The van der Waals surface area contributed by atoms with Crippen molar-refractivity contribution in [1.29, 1.82) is 0 Å². The molecule has 2 unspecified atom stereocenters. The minimum absolute atomic E-state index is 0.0598. The summed E-state index contributed by atoms with van der Waals surface area (Å²) in [4.78, 5) is 12.8. The molecule has 2 atom stereocenters. The molecule has 162 valence electrons. The van der Waals surface area contributed by atoms with Crippen LogP contribution in [0.15, 0.2) is 29.2 Å². The third-order valence-corrected chi connectivity index (χ3v) is 8.91. The fraction of sp³-hybridized carbons (Fsp3) is 0.632. The number of carbonyl (C=O) groups is 1. The summed E-state index contributed by atoms with van der Waals surface area (Å²) in [7, 11) is -6.97. The third kappa shape index (κ3) is 5.17. The molecule has 0 spiro atoms. The summed E-state index contributed by atoms with van der Waals surface area (Å²) in [5, 5.41) is 2.85. The van der Waals surface area contributed by atoms with Crippen molar-refractivity contribution in [1.82, 2.24) is 13.9 Å². The topological polar surface area (TPSA) is 104 Å². The van der Waals surface area contributed by atoms with Crippen molar-refractivity contribution < 1.29 is 21.6 Å². The molecule has 2 aliphatic rings. The number of rotatable bonds is 5. The molecule has 1 N–H and O–H groups in total. The van der Waals surface area contributed by atoms with Gasteiger partial charge in [0.05, 0.1) is 11.2 Å². The molecule has 0 aromatic heterocycles. The van der Waals surface area contributed by atoms with Crippen LogP contribution >= 0.6 is 0 Å². The van der Waals surface area contributed by atoms with Crippen molar-refractivity contribution in [2.75, 3.05) is 25.9 Å². The van der Waals surface area contributed by atoms with Crippen LogP contribution in [0, 0.1) is 0 Å². The maximum absolute atomic E-state index is 13.0. The zero-order valence-corrected chi connectivity index (χ0v) is 18.5. The van der Waals surface area contributed by atoms with Gasteiger partial charge in [-0.15, -0.1) is 0 Å². The van der Waals surface area contributed by atoms with Gasteiger partial charge < -0.3 is 5.32 Å². The highest BCUT2D eigenvalue weighted by Gasteiger charge is 2.32. The number of amides is 1. The molecule has 10 heteroatoms. The molecule has 0 saturated carbocycles. The van der Waals surface area contributed by atoms with Crippen LogP contribution in [0.1, 0.15) is 49.4 Å². The van der Waals surface area contributed by atoms with Crippen molar-refractivity contribution in [3.63, 3.8) is 0 Å². The predicted molar refractivity (Wildman–Crippen MR) is 111 cm³/mol. The number of benzene rings is 1. The Bertz CT molecular complexity index is 962. The molecule has 2 fully saturated rings. The first-order valence-corrected chi connectivity index (χ1v) is 13.3. The summed E-state index contributed by atoms with van der Waals surface area (Å²) in [6.07, 6.45) is 5.19. The molecule has 0 bridgehead atoms. The number of nitrogens with one attached hydrogen (secondary N) is 1. The summed E-state index contributed by atoms with van der Waals surface area (Å²) >= 11 is 0. The normalized spacial score (nSPS) is 24.9. The minimum atomic E-state index is -3.66. The lowest BCUT2D eigenvalue weighted by atomic mass is 10.1. The summed E-state index contributed by atoms with van der Waals surface area (Å²) in [5.41, 5.74) is 0.257. The average Bonchev–Trinajstić information content (AvgIpc) is 2.68. The lowest BCUT2D eigenvalue weighted by Crippen LogP contribution is -2.49. The van der Waals surface area contributed by atoms with Gasteiger partial charge in [0.25, 0.3) is 5.91 Å². The number of hydrogen-bond acceptors (Lipinski definition) is 5. The molecule has 1 aromatic rings. The second kappa shape index (κ2) is 8.71. The minimum Gasteiger partial charge on any atom is -0.348 e. The fourth-order valence-corrected chi connectivity index (χ4v) is 6.65. The van der Waals surface area contributed by atoms with Crippen LogP contribution < -0.4 is 5.32 Å². The smallest absolute Gasteiger partial charge is 0.251 e. The summed E-state index contributed by atoms with van der Waals surface area (Å²) in [5.74, 6) is -0.394. The van der Waals surface area contributed by atoms with Crippen LogP contribution in [-0.2, 0) is 20.0 Å². The van der Waals surface area contributed by atoms with Gasteiger partial charge >= 0.3 is 0 Å². The van der Waals surface area contributed by atoms with Crippen molar-refractivity contribution in [3.05, 3.63) is 29.8 Å². The average molecular weight is 444 g/mol. The van der Waals surface area contributed by atoms with E-state index in [1.54, 1.807) is 12.1 Å². The molecular weight excluding hydrogens is 414 g/mol. The van der Waals surface area contributed by atoms with E-state index < -0.39 is 26.0 Å². The van der Waals surface area contributed by atoms with Gasteiger partial charge in [0.1, 0.15) is 0 Å². The van der Waals surface area contributed by atoms with E-state index in [-0.39, 0.29) is 29.1 Å². The molecule has 8 nitrogen and oxygen atoms in total. The van der Waals surface area contributed by atoms with E-state index >= 15 is 0 Å². The molecule has 1 amide bonds. The summed E-state index contributed by atoms with van der Waals surface area (Å²) in [6, 6.07) is 5.71. The van der Waals surface area contributed by atoms with Crippen LogP contribution in [0.3, 0.4) is 0 Å². The first-order valence-electron chi connectivity index (χ1n) is 9.97. The summed E-state index contributed by atoms with van der Waals surface area (Å²) in [6.45, 7) is 3.08. The first-order chi connectivity index (χ1) is 13.6. The van der Waals surface area contributed by atoms with E-state index in [2.05, 4.69) is 5.32 Å². The Morgan fingerprint density at radius 1 is 1.07 bits per heavy atom. The molecule has 3 rings (SSSR count). The molecule has 29 heavy (non-hydrogen) atoms. The van der Waals surface area contributed by atoms with Gasteiger partial charge in [-0.1, -0.05) is 12.5 Å². The van der Waals surface area contributed by atoms with Crippen molar-refractivity contribution >= 4 is 26.0 Å². The fourth-order valence-electron chi connectivity index (χ4n) is 3.99. The Labute approximate surface area is 173 Å². The Balaban J connectivity index is 1.74. The van der Waals surface area contributed by atoms with Crippen molar-refractivity contribution in [2.24, 2.45) is 0 Å². The maximum atomic E-state index is 13.0. The number of nitrogens with zero attached hydrogens (tertiary/aromatic N) is 2. The number of piperidine rings is 2. The highest BCUT2D eigenvalue weighted by atomic mass is 32.2. The lowest BCUT2D eigenvalue weighted by molar-refractivity contribution is 0.0921. The Kier molecular flexibility index (Phi) is 6.67. The SMILES string of the molecule is CC1CCCCN1S(=O)(=O)c1cccc(C(=O)NC2CCCN(S(C)(=O)=O)C2)c1. The molecule has 2 heterocycles. The Morgan fingerprint density at radius 3 is 2.52 bits per heavy atom. The van der Waals surface area contributed by atoms with Crippen molar-refractivity contribution in [2.45, 2.75) is 56.0 Å². The van der Waals surface area contributed by atoms with Gasteiger partial charge in [0, 0.05) is 37.3 Å². The van der Waals surface area contributed by atoms with Crippen LogP contribution in [0.25, 0.3) is 0 Å². The van der Waals surface area contributed by atoms with Gasteiger partial charge in [0.2, 0.25) is 20.0 Å². The third-order valence-electron chi connectivity index (χ3n) is 5.63. The monoisotopic (exact) mass is 443 g/mol. The van der Waals surface area contributed by atoms with E-state index in [0.29, 0.717) is 25.9 Å². The molecule has 2 aliphatic heterocycles. The molecular formula is C19H29N3O5S2. The predicted octanol–water partition coefficient (Wildman–Crippen LogP) is 1.40. The highest BCUT2D eigenvalue weighted by molar-refractivity contribution is 7.89. The van der Waals surface area contributed by atoms with Crippen LogP contribution in [0.2, 0.25) is 0 Å². The second-order valence-electron chi connectivity index (χ2n) is 7.92. The van der Waals surface area contributed by atoms with E-state index in [0.717, 1.165) is 25.5 Å². The van der Waals surface area contributed by atoms with Crippen LogP contribution in [0.4, 0.5) is 0 Å². The maximum Gasteiger partial charge on any atom is 0.251 e. The van der Waals surface area contributed by atoms with Gasteiger partial charge in [-0.25, -0.2) is 21.1 Å². The zero-order chi connectivity index (χ0) is 21.2. The van der Waals surface area contributed by atoms with Gasteiger partial charge in [-0.05, 0) is 50.8 Å². The van der Waals surface area contributed by atoms with E-state index in [1.165, 1.54) is 20.7 Å². The molecule has 1 aromatic carbocycles. The quantitative estimate of drug-likeness (QED) is 0.741. The number of hydrogen-bond donors (Lipinski definition) is 1. The molecule has 2 saturated heterocycles.